The van der Waals surface area contributed by atoms with E-state index in [2.05, 4.69) is 23.5 Å². The molecular weight excluding hydrogens is 388 g/mol. The second-order valence-corrected chi connectivity index (χ2v) is 7.81. The second kappa shape index (κ2) is 9.94. The zero-order chi connectivity index (χ0) is 22.4. The highest BCUT2D eigenvalue weighted by Crippen LogP contribution is 2.26. The summed E-state index contributed by atoms with van der Waals surface area (Å²) in [6.07, 6.45) is 6.53. The normalized spacial score (nSPS) is 14.2. The number of aryl methyl sites for hydroxylation is 2. The van der Waals surface area contributed by atoms with E-state index in [9.17, 15) is 14.9 Å². The first-order valence-electron chi connectivity index (χ1n) is 10.6. The molecule has 0 bridgehead atoms. The average Bonchev–Trinajstić information content (AvgIpc) is 2.77. The lowest BCUT2D eigenvalue weighted by molar-refractivity contribution is -0.117. The van der Waals surface area contributed by atoms with E-state index in [1.165, 1.54) is 42.0 Å². The van der Waals surface area contributed by atoms with Crippen molar-refractivity contribution in [2.45, 2.75) is 52.0 Å². The van der Waals surface area contributed by atoms with E-state index in [1.807, 2.05) is 13.0 Å². The summed E-state index contributed by atoms with van der Waals surface area (Å²) in [7, 11) is 0. The predicted octanol–water partition coefficient (Wildman–Crippen LogP) is 4.18. The highest BCUT2D eigenvalue weighted by atomic mass is 16.2. The summed E-state index contributed by atoms with van der Waals surface area (Å²) in [5.74, 6) is -0.838. The van der Waals surface area contributed by atoms with E-state index in [4.69, 9.17) is 5.73 Å². The quantitative estimate of drug-likeness (QED) is 0.419. The maximum Gasteiger partial charge on any atom is 0.263 e. The van der Waals surface area contributed by atoms with Crippen molar-refractivity contribution in [2.75, 3.05) is 10.6 Å². The number of amides is 2. The van der Waals surface area contributed by atoms with E-state index in [-0.39, 0.29) is 17.5 Å². The van der Waals surface area contributed by atoms with E-state index in [1.54, 1.807) is 24.3 Å². The van der Waals surface area contributed by atoms with Crippen LogP contribution in [-0.2, 0) is 22.4 Å². The van der Waals surface area contributed by atoms with E-state index in [0.717, 1.165) is 18.4 Å². The molecule has 1 aliphatic rings. The van der Waals surface area contributed by atoms with Gasteiger partial charge in [-0.3, -0.25) is 14.5 Å². The van der Waals surface area contributed by atoms with Crippen LogP contribution in [0.4, 0.5) is 11.4 Å². The minimum atomic E-state index is -0.512. The molecule has 0 heterocycles. The number of carbonyl (C=O) groups is 2. The van der Waals surface area contributed by atoms with Gasteiger partial charge in [0.15, 0.2) is 0 Å². The van der Waals surface area contributed by atoms with Crippen molar-refractivity contribution in [2.24, 2.45) is 0 Å². The number of nitriles is 1. The van der Waals surface area contributed by atoms with Gasteiger partial charge in [0.2, 0.25) is 5.91 Å². The van der Waals surface area contributed by atoms with Crippen LogP contribution in [0.3, 0.4) is 0 Å². The molecule has 1 aliphatic carbocycles. The van der Waals surface area contributed by atoms with Gasteiger partial charge in [-0.05, 0) is 67.0 Å². The molecule has 2 aromatic carbocycles. The number of hydrogen-bond acceptors (Lipinski definition) is 4. The first-order chi connectivity index (χ1) is 14.9. The molecule has 3 rings (SSSR count). The number of hydrogen-bond donors (Lipinski definition) is 2. The van der Waals surface area contributed by atoms with Crippen LogP contribution in [-0.4, -0.2) is 11.8 Å². The van der Waals surface area contributed by atoms with Crippen LogP contribution in [0.5, 0.6) is 0 Å². The minimum absolute atomic E-state index is 0.144. The average molecular weight is 417 g/mol. The summed E-state index contributed by atoms with van der Waals surface area (Å²) >= 11 is 0. The Labute approximate surface area is 183 Å². The molecule has 0 saturated carbocycles. The van der Waals surface area contributed by atoms with Gasteiger partial charge < -0.3 is 11.1 Å². The van der Waals surface area contributed by atoms with Crippen LogP contribution >= 0.6 is 0 Å². The fourth-order valence-corrected chi connectivity index (χ4v) is 3.92. The molecule has 2 amide bonds. The molecule has 0 saturated heterocycles. The van der Waals surface area contributed by atoms with Gasteiger partial charge in [-0.25, -0.2) is 0 Å². The number of nitrogen functional groups attached to an aromatic ring is 1. The molecule has 2 aromatic rings. The number of anilines is 2. The third-order valence-electron chi connectivity index (χ3n) is 5.60. The molecule has 1 unspecified atom stereocenters. The van der Waals surface area contributed by atoms with Crippen molar-refractivity contribution >= 4 is 23.2 Å². The fraction of sp³-hybridized carbons (Fsp3) is 0.320. The van der Waals surface area contributed by atoms with Gasteiger partial charge >= 0.3 is 0 Å². The zero-order valence-electron chi connectivity index (χ0n) is 18.0. The largest absolute Gasteiger partial charge is 0.399 e. The Morgan fingerprint density at radius 1 is 1.19 bits per heavy atom. The maximum atomic E-state index is 12.9. The molecule has 6 heteroatoms. The number of nitrogens with one attached hydrogen (secondary N) is 1. The van der Waals surface area contributed by atoms with Crippen molar-refractivity contribution in [3.8, 4) is 6.07 Å². The van der Waals surface area contributed by atoms with Crippen LogP contribution in [0.15, 0.2) is 54.2 Å². The van der Waals surface area contributed by atoms with Crippen molar-refractivity contribution < 1.29 is 9.59 Å². The van der Waals surface area contributed by atoms with Gasteiger partial charge in [0.05, 0.1) is 11.7 Å². The van der Waals surface area contributed by atoms with Gasteiger partial charge in [-0.1, -0.05) is 31.2 Å². The van der Waals surface area contributed by atoms with Crippen LogP contribution in [0, 0.1) is 11.3 Å². The van der Waals surface area contributed by atoms with Gasteiger partial charge in [-0.15, -0.1) is 0 Å². The molecule has 0 spiro atoms. The number of rotatable bonds is 6. The molecular formula is C25H28N4O2. The Morgan fingerprint density at radius 2 is 1.94 bits per heavy atom. The Kier molecular flexibility index (Phi) is 7.09. The predicted molar refractivity (Wildman–Crippen MR) is 122 cm³/mol. The molecule has 0 aromatic heterocycles. The van der Waals surface area contributed by atoms with Crippen LogP contribution in [0.25, 0.3) is 0 Å². The van der Waals surface area contributed by atoms with Crippen LogP contribution in [0.1, 0.15) is 55.8 Å². The van der Waals surface area contributed by atoms with Gasteiger partial charge in [0, 0.05) is 18.8 Å². The number of fused-ring (bicyclic) bond motifs is 1. The van der Waals surface area contributed by atoms with Gasteiger partial charge in [0.25, 0.3) is 5.91 Å². The van der Waals surface area contributed by atoms with E-state index >= 15 is 0 Å². The summed E-state index contributed by atoms with van der Waals surface area (Å²) in [4.78, 5) is 26.3. The molecule has 160 valence electrons. The molecule has 3 N–H and O–H groups in total. The lowest BCUT2D eigenvalue weighted by Gasteiger charge is -2.22. The van der Waals surface area contributed by atoms with Gasteiger partial charge in [-0.2, -0.15) is 5.26 Å². The molecule has 0 radical (unpaired) electrons. The smallest absolute Gasteiger partial charge is 0.263 e. The summed E-state index contributed by atoms with van der Waals surface area (Å²) in [5, 5.41) is 12.6. The van der Waals surface area contributed by atoms with Gasteiger partial charge in [0.1, 0.15) is 11.6 Å². The topological polar surface area (TPSA) is 99.2 Å². The maximum absolute atomic E-state index is 12.9. The fourth-order valence-electron chi connectivity index (χ4n) is 3.92. The Morgan fingerprint density at radius 3 is 2.58 bits per heavy atom. The third kappa shape index (κ3) is 5.32. The van der Waals surface area contributed by atoms with Crippen molar-refractivity contribution in [1.82, 2.24) is 5.32 Å². The zero-order valence-corrected chi connectivity index (χ0v) is 18.0. The highest BCUT2D eigenvalue weighted by Gasteiger charge is 2.20. The monoisotopic (exact) mass is 416 g/mol. The number of nitrogens with zero attached hydrogens (tertiary/aromatic N) is 2. The third-order valence-corrected chi connectivity index (χ3v) is 5.60. The van der Waals surface area contributed by atoms with Crippen LogP contribution in [0.2, 0.25) is 0 Å². The standard InChI is InChI=1S/C25H28N4O2/c1-3-24(20-12-11-18-7-4-5-8-19(18)13-20)28-25(31)21(15-26)16-29(17(2)30)23-10-6-9-22(27)14-23/h6,9-14,16,24H,3-5,7-8,27H2,1-2H3,(H,28,31)/b21-16-. The molecule has 6 nitrogen and oxygen atoms in total. The summed E-state index contributed by atoms with van der Waals surface area (Å²) in [6, 6.07) is 14.8. The molecule has 0 fully saturated rings. The molecule has 31 heavy (non-hydrogen) atoms. The second-order valence-electron chi connectivity index (χ2n) is 7.81. The van der Waals surface area contributed by atoms with Crippen molar-refractivity contribution in [3.63, 3.8) is 0 Å². The molecule has 1 atom stereocenters. The number of benzene rings is 2. The highest BCUT2D eigenvalue weighted by molar-refractivity contribution is 6.01. The number of carbonyl (C=O) groups excluding carboxylic acids is 2. The Bertz CT molecular complexity index is 1050. The van der Waals surface area contributed by atoms with E-state index < -0.39 is 5.91 Å². The first kappa shape index (κ1) is 22.1. The minimum Gasteiger partial charge on any atom is -0.399 e. The first-order valence-corrected chi connectivity index (χ1v) is 10.6. The lowest BCUT2D eigenvalue weighted by atomic mass is 9.88. The van der Waals surface area contributed by atoms with Crippen molar-refractivity contribution in [3.05, 3.63) is 70.9 Å². The molecule has 0 aliphatic heterocycles. The number of nitrogens with two attached hydrogens (primary N) is 1. The summed E-state index contributed by atoms with van der Waals surface area (Å²) in [6.45, 7) is 3.36. The summed E-state index contributed by atoms with van der Waals surface area (Å²) in [5.41, 5.74) is 10.4. The SMILES string of the molecule is CCC(NC(=O)/C(C#N)=C\N(C(C)=O)c1cccc(N)c1)c1ccc2c(c1)CCCC2. The van der Waals surface area contributed by atoms with Crippen LogP contribution < -0.4 is 16.0 Å². The Hall–Kier alpha value is -3.59. The van der Waals surface area contributed by atoms with E-state index in [0.29, 0.717) is 17.8 Å². The van der Waals surface area contributed by atoms with Crippen molar-refractivity contribution in [1.29, 1.82) is 5.26 Å². The Balaban J connectivity index is 1.83. The lowest BCUT2D eigenvalue weighted by Crippen LogP contribution is -2.31. The summed E-state index contributed by atoms with van der Waals surface area (Å²) < 4.78 is 0.